The molecule has 0 saturated heterocycles. The van der Waals surface area contributed by atoms with E-state index in [2.05, 4.69) is 0 Å². The highest BCUT2D eigenvalue weighted by atomic mass is 19.4. The third-order valence-electron chi connectivity index (χ3n) is 2.15. The van der Waals surface area contributed by atoms with Gasteiger partial charge in [0, 0.05) is 25.2 Å². The van der Waals surface area contributed by atoms with Crippen LogP contribution in [0.3, 0.4) is 0 Å². The van der Waals surface area contributed by atoms with E-state index < -0.39 is 18.1 Å². The smallest absolute Gasteiger partial charge is 0.389 e. The summed E-state index contributed by atoms with van der Waals surface area (Å²) in [5.74, 6) is 0. The first-order valence-corrected chi connectivity index (χ1v) is 5.31. The molecule has 0 saturated carbocycles. The maximum absolute atomic E-state index is 11.7. The van der Waals surface area contributed by atoms with Gasteiger partial charge in [-0.3, -0.25) is 0 Å². The Labute approximate surface area is 93.8 Å². The molecule has 0 radical (unpaired) electrons. The number of hydrogen-bond donors (Lipinski definition) is 2. The molecule has 0 amide bonds. The fraction of sp³-hybridized carbons (Fsp3) is 1.00. The second-order valence-electron chi connectivity index (χ2n) is 4.25. The molecule has 0 bridgehead atoms. The number of ether oxygens (including phenoxy) is 1. The standard InChI is InChI=1S/C10H20F3NO2/c1-9(14,8-15)4-2-6-16-7-3-5-10(11,12)13/h15H,2-8,14H2,1H3. The lowest BCUT2D eigenvalue weighted by molar-refractivity contribution is -0.137. The minimum atomic E-state index is -4.10. The fourth-order valence-corrected chi connectivity index (χ4v) is 1.13. The fourth-order valence-electron chi connectivity index (χ4n) is 1.13. The van der Waals surface area contributed by atoms with Crippen molar-refractivity contribution in [3.05, 3.63) is 0 Å². The van der Waals surface area contributed by atoms with Gasteiger partial charge in [-0.2, -0.15) is 13.2 Å². The molecule has 6 heteroatoms. The topological polar surface area (TPSA) is 55.5 Å². The van der Waals surface area contributed by atoms with E-state index in [1.807, 2.05) is 0 Å². The Balaban J connectivity index is 3.29. The van der Waals surface area contributed by atoms with Crippen LogP contribution in [0.5, 0.6) is 0 Å². The lowest BCUT2D eigenvalue weighted by Gasteiger charge is -2.21. The minimum absolute atomic E-state index is 0.0105. The molecular formula is C10H20F3NO2. The van der Waals surface area contributed by atoms with Gasteiger partial charge in [-0.05, 0) is 26.2 Å². The predicted octanol–water partition coefficient (Wildman–Crippen LogP) is 1.84. The Morgan fingerprint density at radius 1 is 1.12 bits per heavy atom. The summed E-state index contributed by atoms with van der Waals surface area (Å²) in [7, 11) is 0. The van der Waals surface area contributed by atoms with Crippen LogP contribution in [-0.4, -0.2) is 36.6 Å². The second-order valence-corrected chi connectivity index (χ2v) is 4.25. The maximum Gasteiger partial charge on any atom is 0.389 e. The highest BCUT2D eigenvalue weighted by Gasteiger charge is 2.25. The first kappa shape index (κ1) is 15.7. The van der Waals surface area contributed by atoms with Crippen molar-refractivity contribution in [1.29, 1.82) is 0 Å². The van der Waals surface area contributed by atoms with Crippen LogP contribution in [0.2, 0.25) is 0 Å². The summed E-state index contributed by atoms with van der Waals surface area (Å²) < 4.78 is 40.2. The Bertz CT molecular complexity index is 183. The van der Waals surface area contributed by atoms with E-state index in [0.717, 1.165) is 0 Å². The molecule has 16 heavy (non-hydrogen) atoms. The van der Waals surface area contributed by atoms with Crippen molar-refractivity contribution in [2.75, 3.05) is 19.8 Å². The summed E-state index contributed by atoms with van der Waals surface area (Å²) in [5, 5.41) is 8.83. The van der Waals surface area contributed by atoms with E-state index in [1.54, 1.807) is 6.92 Å². The quantitative estimate of drug-likeness (QED) is 0.639. The monoisotopic (exact) mass is 243 g/mol. The van der Waals surface area contributed by atoms with E-state index in [-0.39, 0.29) is 19.6 Å². The number of aliphatic hydroxyl groups excluding tert-OH is 1. The van der Waals surface area contributed by atoms with E-state index in [9.17, 15) is 13.2 Å². The van der Waals surface area contributed by atoms with Crippen molar-refractivity contribution in [3.63, 3.8) is 0 Å². The lowest BCUT2D eigenvalue weighted by Crippen LogP contribution is -2.40. The van der Waals surface area contributed by atoms with E-state index in [0.29, 0.717) is 19.4 Å². The zero-order valence-electron chi connectivity index (χ0n) is 9.52. The maximum atomic E-state index is 11.7. The largest absolute Gasteiger partial charge is 0.394 e. The number of nitrogens with two attached hydrogens (primary N) is 1. The Morgan fingerprint density at radius 3 is 2.06 bits per heavy atom. The minimum Gasteiger partial charge on any atom is -0.394 e. The molecule has 0 aromatic rings. The molecule has 0 spiro atoms. The van der Waals surface area contributed by atoms with Gasteiger partial charge < -0.3 is 15.6 Å². The predicted molar refractivity (Wildman–Crippen MR) is 55.0 cm³/mol. The number of halogens is 3. The van der Waals surface area contributed by atoms with Gasteiger partial charge in [0.1, 0.15) is 0 Å². The average Bonchev–Trinajstić information content (AvgIpc) is 2.14. The zero-order valence-corrected chi connectivity index (χ0v) is 9.52. The highest BCUT2D eigenvalue weighted by molar-refractivity contribution is 4.76. The molecular weight excluding hydrogens is 223 g/mol. The lowest BCUT2D eigenvalue weighted by atomic mass is 9.99. The van der Waals surface area contributed by atoms with Gasteiger partial charge in [0.15, 0.2) is 0 Å². The van der Waals surface area contributed by atoms with Crippen LogP contribution >= 0.6 is 0 Å². The molecule has 98 valence electrons. The molecule has 0 fully saturated rings. The Kier molecular flexibility index (Phi) is 6.94. The SMILES string of the molecule is CC(N)(CO)CCCOCCCC(F)(F)F. The molecule has 3 nitrogen and oxygen atoms in total. The van der Waals surface area contributed by atoms with Crippen LogP contribution < -0.4 is 5.73 Å². The summed E-state index contributed by atoms with van der Waals surface area (Å²) in [6.07, 6.45) is -3.69. The number of alkyl halides is 3. The second kappa shape index (κ2) is 7.09. The van der Waals surface area contributed by atoms with Crippen molar-refractivity contribution in [1.82, 2.24) is 0 Å². The number of hydrogen-bond acceptors (Lipinski definition) is 3. The molecule has 3 N–H and O–H groups in total. The third-order valence-corrected chi connectivity index (χ3v) is 2.15. The molecule has 0 aliphatic heterocycles. The molecule has 0 aliphatic carbocycles. The first-order chi connectivity index (χ1) is 7.27. The van der Waals surface area contributed by atoms with Crippen LogP contribution in [0.15, 0.2) is 0 Å². The highest BCUT2D eigenvalue weighted by Crippen LogP contribution is 2.21. The summed E-state index contributed by atoms with van der Waals surface area (Å²) in [5.41, 5.74) is 5.03. The molecule has 0 aromatic heterocycles. The van der Waals surface area contributed by atoms with E-state index in [4.69, 9.17) is 15.6 Å². The van der Waals surface area contributed by atoms with Gasteiger partial charge in [-0.25, -0.2) is 0 Å². The van der Waals surface area contributed by atoms with Gasteiger partial charge >= 0.3 is 6.18 Å². The van der Waals surface area contributed by atoms with Crippen molar-refractivity contribution in [3.8, 4) is 0 Å². The molecule has 1 atom stereocenters. The summed E-state index contributed by atoms with van der Waals surface area (Å²) in [4.78, 5) is 0. The normalized spacial score (nSPS) is 16.1. The van der Waals surface area contributed by atoms with E-state index >= 15 is 0 Å². The van der Waals surface area contributed by atoms with Crippen molar-refractivity contribution >= 4 is 0 Å². The molecule has 0 rings (SSSR count). The Hall–Kier alpha value is -0.330. The van der Waals surface area contributed by atoms with Crippen LogP contribution in [0.4, 0.5) is 13.2 Å². The average molecular weight is 243 g/mol. The molecule has 1 unspecified atom stereocenters. The first-order valence-electron chi connectivity index (χ1n) is 5.31. The van der Waals surface area contributed by atoms with Crippen LogP contribution in [0.1, 0.15) is 32.6 Å². The van der Waals surface area contributed by atoms with Gasteiger partial charge in [0.25, 0.3) is 0 Å². The molecule has 0 aromatic carbocycles. The number of aliphatic hydroxyl groups is 1. The van der Waals surface area contributed by atoms with Gasteiger partial charge in [0.05, 0.1) is 6.61 Å². The summed E-state index contributed by atoms with van der Waals surface area (Å²) >= 11 is 0. The Morgan fingerprint density at radius 2 is 1.62 bits per heavy atom. The molecule has 0 aliphatic rings. The van der Waals surface area contributed by atoms with Crippen molar-refractivity contribution in [2.24, 2.45) is 5.73 Å². The zero-order chi connectivity index (χ0) is 12.7. The summed E-state index contributed by atoms with van der Waals surface area (Å²) in [6.45, 7) is 2.10. The van der Waals surface area contributed by atoms with Crippen LogP contribution in [0, 0.1) is 0 Å². The van der Waals surface area contributed by atoms with Gasteiger partial charge in [-0.1, -0.05) is 0 Å². The van der Waals surface area contributed by atoms with E-state index in [1.165, 1.54) is 0 Å². The van der Waals surface area contributed by atoms with Crippen molar-refractivity contribution in [2.45, 2.75) is 44.3 Å². The van der Waals surface area contributed by atoms with Gasteiger partial charge in [0.2, 0.25) is 0 Å². The summed E-state index contributed by atoms with van der Waals surface area (Å²) in [6, 6.07) is 0. The van der Waals surface area contributed by atoms with Crippen LogP contribution in [0.25, 0.3) is 0 Å². The third kappa shape index (κ3) is 10.2. The van der Waals surface area contributed by atoms with Crippen LogP contribution in [-0.2, 0) is 4.74 Å². The molecule has 0 heterocycles. The van der Waals surface area contributed by atoms with Crippen molar-refractivity contribution < 1.29 is 23.0 Å². The number of rotatable bonds is 8. The van der Waals surface area contributed by atoms with Gasteiger partial charge in [-0.15, -0.1) is 0 Å².